The molecule has 0 N–H and O–H groups in total. The number of ether oxygens (including phenoxy) is 1. The molecule has 5 heterocycles. The van der Waals surface area contributed by atoms with Gasteiger partial charge in [-0.2, -0.15) is 11.3 Å². The first-order valence-corrected chi connectivity index (χ1v) is 13.0. The van der Waals surface area contributed by atoms with Crippen LogP contribution in [0.1, 0.15) is 54.1 Å². The van der Waals surface area contributed by atoms with Gasteiger partial charge in [-0.15, -0.1) is 0 Å². The van der Waals surface area contributed by atoms with Gasteiger partial charge in [0.25, 0.3) is 0 Å². The fourth-order valence-electron chi connectivity index (χ4n) is 5.92. The Morgan fingerprint density at radius 1 is 1.06 bits per heavy atom. The third-order valence-electron chi connectivity index (χ3n) is 7.73. The number of Topliss-reactive ketones (excluding diaryl/α,β-unsaturated/α-hetero) is 1. The Hall–Kier alpha value is -1.54. The third kappa shape index (κ3) is 5.42. The van der Waals surface area contributed by atoms with Crippen LogP contribution in [0.2, 0.25) is 0 Å². The minimum atomic E-state index is -0.326. The Morgan fingerprint density at radius 3 is 2.45 bits per heavy atom. The number of nitrogens with zero attached hydrogens (tertiary/aromatic N) is 2. The normalized spacial score (nSPS) is 28.0. The van der Waals surface area contributed by atoms with E-state index in [1.165, 1.54) is 6.42 Å². The predicted octanol–water partition coefficient (Wildman–Crippen LogP) is 1.31. The molecule has 6 rings (SSSR count). The van der Waals surface area contributed by atoms with Gasteiger partial charge < -0.3 is 26.2 Å². The van der Waals surface area contributed by atoms with Crippen LogP contribution in [0.15, 0.2) is 47.2 Å². The summed E-state index contributed by atoms with van der Waals surface area (Å²) in [6.45, 7) is 5.21. The fourth-order valence-corrected chi connectivity index (χ4v) is 6.58. The SMILES string of the molecule is O=C(C[N+]12CCC(CC1)[C@@H](OC(=O)C(c1ccccc1)N1CCCCC1)C2)c1ccsc1.[Br-]. The van der Waals surface area contributed by atoms with Crippen LogP contribution >= 0.6 is 11.3 Å². The summed E-state index contributed by atoms with van der Waals surface area (Å²) in [5.41, 5.74) is 1.84. The first kappa shape index (κ1) is 24.6. The molecular weight excluding hydrogens is 500 g/mol. The van der Waals surface area contributed by atoms with Gasteiger partial charge in [-0.25, -0.2) is 4.79 Å². The maximum absolute atomic E-state index is 13.6. The Bertz CT molecular complexity index is 922. The molecule has 0 radical (unpaired) electrons. The van der Waals surface area contributed by atoms with Gasteiger partial charge in [0.15, 0.2) is 6.10 Å². The van der Waals surface area contributed by atoms with Crippen molar-refractivity contribution in [3.8, 4) is 0 Å². The van der Waals surface area contributed by atoms with Gasteiger partial charge in [-0.05, 0) is 42.9 Å². The van der Waals surface area contributed by atoms with Gasteiger partial charge in [0.2, 0.25) is 5.78 Å². The van der Waals surface area contributed by atoms with E-state index in [1.54, 1.807) is 11.3 Å². The highest BCUT2D eigenvalue weighted by Crippen LogP contribution is 2.37. The van der Waals surface area contributed by atoms with Gasteiger partial charge in [-0.1, -0.05) is 36.8 Å². The average molecular weight is 534 g/mol. The van der Waals surface area contributed by atoms with Crippen LogP contribution in [0.4, 0.5) is 0 Å². The van der Waals surface area contributed by atoms with E-state index >= 15 is 0 Å². The minimum absolute atomic E-state index is 0. The molecular formula is C26H33BrN2O3S. The van der Waals surface area contributed by atoms with Crippen LogP contribution < -0.4 is 17.0 Å². The summed E-state index contributed by atoms with van der Waals surface area (Å²) in [5, 5.41) is 3.91. The number of ketones is 1. The van der Waals surface area contributed by atoms with Crippen molar-refractivity contribution in [3.05, 3.63) is 58.3 Å². The Kier molecular flexibility index (Phi) is 8.05. The van der Waals surface area contributed by atoms with Gasteiger partial charge in [0, 0.05) is 29.7 Å². The van der Waals surface area contributed by atoms with Gasteiger partial charge in [-0.3, -0.25) is 9.69 Å². The number of carbonyl (C=O) groups is 2. The predicted molar refractivity (Wildman–Crippen MR) is 126 cm³/mol. The maximum atomic E-state index is 13.6. The molecule has 2 aromatic rings. The van der Waals surface area contributed by atoms with Gasteiger partial charge in [0.05, 0.1) is 13.1 Å². The largest absolute Gasteiger partial charge is 1.00 e. The monoisotopic (exact) mass is 532 g/mol. The quantitative estimate of drug-likeness (QED) is 0.306. The van der Waals surface area contributed by atoms with E-state index < -0.39 is 0 Å². The van der Waals surface area contributed by atoms with Crippen molar-refractivity contribution in [2.24, 2.45) is 5.92 Å². The molecule has 4 fully saturated rings. The number of fused-ring (bicyclic) bond motifs is 3. The van der Waals surface area contributed by atoms with E-state index in [9.17, 15) is 9.59 Å². The van der Waals surface area contributed by atoms with Crippen molar-refractivity contribution in [3.63, 3.8) is 0 Å². The highest BCUT2D eigenvalue weighted by atomic mass is 79.9. The summed E-state index contributed by atoms with van der Waals surface area (Å²) in [4.78, 5) is 28.7. The lowest BCUT2D eigenvalue weighted by Crippen LogP contribution is -3.00. The van der Waals surface area contributed by atoms with Crippen molar-refractivity contribution in [2.45, 2.75) is 44.2 Å². The Morgan fingerprint density at radius 2 is 1.79 bits per heavy atom. The first-order valence-electron chi connectivity index (χ1n) is 12.0. The zero-order chi connectivity index (χ0) is 22.0. The number of benzene rings is 1. The second kappa shape index (κ2) is 10.8. The van der Waals surface area contributed by atoms with Gasteiger partial charge in [0.1, 0.15) is 19.1 Å². The second-order valence-electron chi connectivity index (χ2n) is 9.79. The first-order chi connectivity index (χ1) is 15.6. The molecule has 0 amide bonds. The van der Waals surface area contributed by atoms with Crippen LogP contribution in [0.3, 0.4) is 0 Å². The van der Waals surface area contributed by atoms with Crippen molar-refractivity contribution in [1.82, 2.24) is 4.90 Å². The molecule has 4 saturated heterocycles. The molecule has 0 spiro atoms. The molecule has 178 valence electrons. The lowest BCUT2D eigenvalue weighted by Gasteiger charge is -2.51. The number of hydrogen-bond donors (Lipinski definition) is 0. The van der Waals surface area contributed by atoms with Crippen LogP contribution in [-0.4, -0.2) is 66.5 Å². The number of thiophene rings is 1. The zero-order valence-corrected chi connectivity index (χ0v) is 21.4. The Labute approximate surface area is 211 Å². The molecule has 4 aliphatic rings. The summed E-state index contributed by atoms with van der Waals surface area (Å²) in [7, 11) is 0. The van der Waals surface area contributed by atoms with Crippen molar-refractivity contribution < 1.29 is 35.8 Å². The summed E-state index contributed by atoms with van der Waals surface area (Å²) < 4.78 is 7.05. The number of halogens is 1. The van der Waals surface area contributed by atoms with E-state index in [1.807, 2.05) is 47.2 Å². The standard InChI is InChI=1S/C26H33N2O3S.BrH/c29-23(22-11-16-32-19-22)17-28-14-9-20(10-15-28)24(18-28)31-26(30)25(21-7-3-1-4-8-21)27-12-5-2-6-13-27;/h1,3-4,7-8,11,16,19-20,24-25H,2,5-6,9-10,12-15,17-18H2;1H/q+1;/p-1/t20?,24-,25?,28?;/m0./s1. The molecule has 1 unspecified atom stereocenters. The Balaban J connectivity index is 0.00000259. The lowest BCUT2D eigenvalue weighted by molar-refractivity contribution is -0.938. The van der Waals surface area contributed by atoms with Crippen molar-refractivity contribution in [1.29, 1.82) is 0 Å². The highest BCUT2D eigenvalue weighted by molar-refractivity contribution is 7.08. The number of piperidine rings is 4. The van der Waals surface area contributed by atoms with E-state index in [0.717, 1.165) is 74.0 Å². The number of esters is 1. The summed E-state index contributed by atoms with van der Waals surface area (Å²) in [6.07, 6.45) is 5.48. The molecule has 2 bridgehead atoms. The van der Waals surface area contributed by atoms with E-state index in [4.69, 9.17) is 4.74 Å². The molecule has 2 atom stereocenters. The lowest BCUT2D eigenvalue weighted by atomic mass is 9.82. The van der Waals surface area contributed by atoms with Crippen molar-refractivity contribution >= 4 is 23.1 Å². The molecule has 0 saturated carbocycles. The van der Waals surface area contributed by atoms with Crippen LogP contribution in [0.25, 0.3) is 0 Å². The van der Waals surface area contributed by atoms with Gasteiger partial charge >= 0.3 is 5.97 Å². The van der Waals surface area contributed by atoms with E-state index in [-0.39, 0.29) is 40.9 Å². The molecule has 1 aromatic carbocycles. The minimum Gasteiger partial charge on any atom is -1.00 e. The second-order valence-corrected chi connectivity index (χ2v) is 10.6. The smallest absolute Gasteiger partial charge is 0.328 e. The summed E-state index contributed by atoms with van der Waals surface area (Å²) >= 11 is 1.57. The topological polar surface area (TPSA) is 46.6 Å². The number of quaternary nitrogens is 1. The summed E-state index contributed by atoms with van der Waals surface area (Å²) in [6, 6.07) is 11.7. The van der Waals surface area contributed by atoms with Crippen LogP contribution in [0.5, 0.6) is 0 Å². The highest BCUT2D eigenvalue weighted by Gasteiger charge is 2.49. The molecule has 0 aliphatic carbocycles. The zero-order valence-electron chi connectivity index (χ0n) is 19.0. The van der Waals surface area contributed by atoms with Crippen molar-refractivity contribution in [2.75, 3.05) is 39.3 Å². The van der Waals surface area contributed by atoms with Crippen LogP contribution in [-0.2, 0) is 9.53 Å². The number of hydrogen-bond acceptors (Lipinski definition) is 5. The average Bonchev–Trinajstić information content (AvgIpc) is 3.37. The molecule has 7 heteroatoms. The van der Waals surface area contributed by atoms with E-state index in [0.29, 0.717) is 12.5 Å². The fraction of sp³-hybridized carbons (Fsp3) is 0.538. The summed E-state index contributed by atoms with van der Waals surface area (Å²) in [5.74, 6) is 0.527. The molecule has 5 nitrogen and oxygen atoms in total. The third-order valence-corrected chi connectivity index (χ3v) is 8.41. The number of likely N-dealkylation sites (tertiary alicyclic amines) is 1. The van der Waals surface area contributed by atoms with E-state index in [2.05, 4.69) is 4.90 Å². The molecule has 4 aliphatic heterocycles. The molecule has 33 heavy (non-hydrogen) atoms. The molecule has 1 aromatic heterocycles. The maximum Gasteiger partial charge on any atom is 0.328 e. The number of rotatable bonds is 7. The number of carbonyl (C=O) groups excluding carboxylic acids is 2. The van der Waals surface area contributed by atoms with Crippen LogP contribution in [0, 0.1) is 5.92 Å².